The van der Waals surface area contributed by atoms with E-state index in [4.69, 9.17) is 9.47 Å². The number of urea groups is 1. The Morgan fingerprint density at radius 2 is 1.62 bits per heavy atom. The molecule has 0 saturated heterocycles. The van der Waals surface area contributed by atoms with E-state index in [1.54, 1.807) is 4.72 Å². The van der Waals surface area contributed by atoms with Crippen molar-refractivity contribution in [2.45, 2.75) is 17.9 Å². The number of nitrogens with one attached hydrogen (secondary N) is 2. The molecule has 2 N–H and O–H groups in total. The predicted molar refractivity (Wildman–Crippen MR) is 106 cm³/mol. The summed E-state index contributed by atoms with van der Waals surface area (Å²) >= 11 is 0. The molecule has 0 saturated carbocycles. The van der Waals surface area contributed by atoms with Crippen LogP contribution in [0, 0.1) is 0 Å². The summed E-state index contributed by atoms with van der Waals surface area (Å²) in [6.07, 6.45) is -1.09. The van der Waals surface area contributed by atoms with Crippen molar-refractivity contribution in [2.24, 2.45) is 0 Å². The van der Waals surface area contributed by atoms with E-state index < -0.39 is 51.0 Å². The van der Waals surface area contributed by atoms with Crippen LogP contribution in [0.3, 0.4) is 0 Å². The molecule has 32 heavy (non-hydrogen) atoms. The number of benzene rings is 1. The Bertz CT molecular complexity index is 1120. The Kier molecular flexibility index (Phi) is 7.84. The number of hydrogen-bond acceptors (Lipinski definition) is 12. The van der Waals surface area contributed by atoms with Gasteiger partial charge in [-0.3, -0.25) is 5.32 Å². The van der Waals surface area contributed by atoms with E-state index in [-0.39, 0.29) is 11.6 Å². The molecule has 1 heterocycles. The van der Waals surface area contributed by atoms with Gasteiger partial charge in [-0.15, -0.1) is 4.98 Å². The Balaban J connectivity index is 2.23. The normalized spacial score (nSPS) is 11.6. The molecule has 15 heteroatoms. The monoisotopic (exact) mass is 469 g/mol. The molecule has 0 radical (unpaired) electrons. The summed E-state index contributed by atoms with van der Waals surface area (Å²) in [7, 11) is -1.02. The first-order valence-electron chi connectivity index (χ1n) is 8.67. The molecule has 0 aliphatic heterocycles. The number of esters is 2. The number of carbonyl (C=O) groups is 3. The van der Waals surface area contributed by atoms with Crippen molar-refractivity contribution >= 4 is 33.9 Å². The van der Waals surface area contributed by atoms with Gasteiger partial charge in [-0.25, -0.2) is 27.5 Å². The molecule has 0 bridgehead atoms. The number of sulfonamides is 1. The van der Waals surface area contributed by atoms with Gasteiger partial charge in [0, 0.05) is 0 Å². The van der Waals surface area contributed by atoms with Gasteiger partial charge in [-0.2, -0.15) is 9.97 Å². The van der Waals surface area contributed by atoms with Crippen molar-refractivity contribution in [2.75, 3.05) is 26.6 Å². The maximum atomic E-state index is 12.6. The second-order valence-electron chi connectivity index (χ2n) is 5.76. The quantitative estimate of drug-likeness (QED) is 0.498. The van der Waals surface area contributed by atoms with Crippen molar-refractivity contribution in [1.29, 1.82) is 0 Å². The van der Waals surface area contributed by atoms with Gasteiger partial charge in [0.1, 0.15) is 4.90 Å². The maximum absolute atomic E-state index is 12.6. The third-order valence-corrected chi connectivity index (χ3v) is 5.02. The molecular formula is C17H19N5O9S. The van der Waals surface area contributed by atoms with Crippen LogP contribution in [-0.2, 0) is 24.3 Å². The third-order valence-electron chi connectivity index (χ3n) is 3.63. The lowest BCUT2D eigenvalue weighted by Gasteiger charge is -2.13. The number of hydrogen-bond donors (Lipinski definition) is 2. The lowest BCUT2D eigenvalue weighted by molar-refractivity contribution is -0.148. The van der Waals surface area contributed by atoms with E-state index in [1.165, 1.54) is 32.2 Å². The highest BCUT2D eigenvalue weighted by Crippen LogP contribution is 2.17. The van der Waals surface area contributed by atoms with E-state index in [0.29, 0.717) is 0 Å². The fraction of sp³-hybridized carbons (Fsp3) is 0.294. The average Bonchev–Trinajstić information content (AvgIpc) is 2.77. The Labute approximate surface area is 182 Å². The van der Waals surface area contributed by atoms with Gasteiger partial charge in [0.15, 0.2) is 6.10 Å². The van der Waals surface area contributed by atoms with Crippen LogP contribution in [0.15, 0.2) is 29.2 Å². The number of anilines is 1. The van der Waals surface area contributed by atoms with E-state index in [9.17, 15) is 22.8 Å². The lowest BCUT2D eigenvalue weighted by Crippen LogP contribution is -2.35. The minimum Gasteiger partial charge on any atom is -0.467 e. The number of rotatable bonds is 8. The van der Waals surface area contributed by atoms with Gasteiger partial charge in [0.25, 0.3) is 10.0 Å². The molecule has 1 aromatic heterocycles. The van der Waals surface area contributed by atoms with Gasteiger partial charge in [-0.1, -0.05) is 12.1 Å². The zero-order valence-electron chi connectivity index (χ0n) is 17.3. The molecule has 2 rings (SSSR count). The molecule has 172 valence electrons. The van der Waals surface area contributed by atoms with Gasteiger partial charge in [0.05, 0.1) is 26.9 Å². The highest BCUT2D eigenvalue weighted by molar-refractivity contribution is 7.90. The summed E-state index contributed by atoms with van der Waals surface area (Å²) in [6, 6.07) is 3.19. The van der Waals surface area contributed by atoms with Crippen molar-refractivity contribution in [1.82, 2.24) is 19.7 Å². The molecule has 1 unspecified atom stereocenters. The Hall–Kier alpha value is -4.01. The van der Waals surface area contributed by atoms with Gasteiger partial charge >= 0.3 is 30.0 Å². The first-order chi connectivity index (χ1) is 15.1. The van der Waals surface area contributed by atoms with E-state index >= 15 is 0 Å². The fourth-order valence-corrected chi connectivity index (χ4v) is 3.30. The van der Waals surface area contributed by atoms with Gasteiger partial charge in [-0.05, 0) is 19.1 Å². The summed E-state index contributed by atoms with van der Waals surface area (Å²) < 4.78 is 46.0. The largest absolute Gasteiger partial charge is 0.467 e. The maximum Gasteiger partial charge on any atom is 0.346 e. The van der Waals surface area contributed by atoms with E-state index in [1.807, 2.05) is 0 Å². The molecule has 0 aliphatic carbocycles. The lowest BCUT2D eigenvalue weighted by atomic mass is 10.2. The first kappa shape index (κ1) is 24.3. The van der Waals surface area contributed by atoms with Crippen LogP contribution >= 0.6 is 0 Å². The van der Waals surface area contributed by atoms with Crippen LogP contribution in [0.1, 0.15) is 17.3 Å². The number of carbonyl (C=O) groups excluding carboxylic acids is 3. The summed E-state index contributed by atoms with van der Waals surface area (Å²) in [6.45, 7) is 1.37. The van der Waals surface area contributed by atoms with Crippen LogP contribution in [0.25, 0.3) is 0 Å². The summed E-state index contributed by atoms with van der Waals surface area (Å²) in [5.74, 6) is -2.07. The molecular weight excluding hydrogens is 450 g/mol. The van der Waals surface area contributed by atoms with Crippen molar-refractivity contribution in [3.63, 3.8) is 0 Å². The zero-order chi connectivity index (χ0) is 23.9. The number of nitrogens with zero attached hydrogens (tertiary/aromatic N) is 3. The van der Waals surface area contributed by atoms with Gasteiger partial charge < -0.3 is 18.9 Å². The molecule has 14 nitrogen and oxygen atoms in total. The molecule has 2 aromatic rings. The summed E-state index contributed by atoms with van der Waals surface area (Å²) in [5.41, 5.74) is -0.274. The fourth-order valence-electron chi connectivity index (χ4n) is 2.19. The predicted octanol–water partition coefficient (Wildman–Crippen LogP) is 0.118. The van der Waals surface area contributed by atoms with Crippen molar-refractivity contribution in [3.8, 4) is 12.0 Å². The van der Waals surface area contributed by atoms with Crippen LogP contribution in [0.5, 0.6) is 12.0 Å². The molecule has 0 spiro atoms. The summed E-state index contributed by atoms with van der Waals surface area (Å²) in [4.78, 5) is 46.4. The number of aromatic nitrogens is 3. The van der Waals surface area contributed by atoms with Crippen LogP contribution in [0.4, 0.5) is 10.7 Å². The Morgan fingerprint density at radius 1 is 0.969 bits per heavy atom. The third kappa shape index (κ3) is 6.00. The second-order valence-corrected chi connectivity index (χ2v) is 7.41. The Morgan fingerprint density at radius 3 is 2.25 bits per heavy atom. The van der Waals surface area contributed by atoms with Crippen LogP contribution < -0.4 is 19.5 Å². The standard InChI is InChI=1S/C17H19N5O9S/c1-9(12(23)28-2)31-17-20-14(19-16(21-17)30-4)18-15(25)22-32(26,27)11-8-6-5-7-10(11)13(24)29-3/h5-9H,1-4H3,(H2,18,19,20,21,22,25). The SMILES string of the molecule is COC(=O)c1ccccc1S(=O)(=O)NC(=O)Nc1nc(OC)nc(OC(C)C(=O)OC)n1. The average molecular weight is 469 g/mol. The van der Waals surface area contributed by atoms with E-state index in [0.717, 1.165) is 20.3 Å². The molecule has 0 fully saturated rings. The van der Waals surface area contributed by atoms with Crippen LogP contribution in [-0.4, -0.2) is 68.8 Å². The topological polar surface area (TPSA) is 185 Å². The molecule has 0 aliphatic rings. The smallest absolute Gasteiger partial charge is 0.346 e. The highest BCUT2D eigenvalue weighted by atomic mass is 32.2. The van der Waals surface area contributed by atoms with Crippen molar-refractivity contribution in [3.05, 3.63) is 29.8 Å². The summed E-state index contributed by atoms with van der Waals surface area (Å²) in [5, 5.41) is 2.08. The molecule has 1 atom stereocenters. The number of ether oxygens (including phenoxy) is 4. The first-order valence-corrected chi connectivity index (χ1v) is 10.1. The zero-order valence-corrected chi connectivity index (χ0v) is 18.1. The number of methoxy groups -OCH3 is 3. The minimum absolute atomic E-state index is 0.274. The number of amides is 2. The molecule has 2 amide bonds. The van der Waals surface area contributed by atoms with Gasteiger partial charge in [0.2, 0.25) is 5.95 Å². The second kappa shape index (κ2) is 10.3. The van der Waals surface area contributed by atoms with E-state index in [2.05, 4.69) is 29.7 Å². The molecule has 1 aromatic carbocycles. The minimum atomic E-state index is -4.48. The highest BCUT2D eigenvalue weighted by Gasteiger charge is 2.25. The van der Waals surface area contributed by atoms with Crippen molar-refractivity contribution < 1.29 is 41.7 Å². The van der Waals surface area contributed by atoms with Crippen LogP contribution in [0.2, 0.25) is 0 Å².